The van der Waals surface area contributed by atoms with Crippen molar-refractivity contribution in [3.8, 4) is 0 Å². The molecule has 0 fully saturated rings. The average Bonchev–Trinajstić information content (AvgIpc) is 2.61. The number of fused-ring (bicyclic) bond motifs is 1. The first-order chi connectivity index (χ1) is 9.38. The minimum absolute atomic E-state index is 0.545. The van der Waals surface area contributed by atoms with Gasteiger partial charge in [-0.15, -0.1) is 0 Å². The van der Waals surface area contributed by atoms with Gasteiger partial charge in [-0.25, -0.2) is 8.37 Å². The lowest BCUT2D eigenvalue weighted by molar-refractivity contribution is 0.607. The van der Waals surface area contributed by atoms with Crippen molar-refractivity contribution >= 4 is 19.1 Å². The predicted octanol–water partition coefficient (Wildman–Crippen LogP) is 6.28. The largest absolute Gasteiger partial charge is 0.224 e. The Balaban J connectivity index is 2.69. The van der Waals surface area contributed by atoms with E-state index in [4.69, 9.17) is 10.7 Å². The van der Waals surface area contributed by atoms with Gasteiger partial charge in [-0.05, 0) is 65.2 Å². The predicted molar refractivity (Wildman–Crippen MR) is 103 cm³/mol. The molecule has 0 amide bonds. The van der Waals surface area contributed by atoms with E-state index in [1.165, 1.54) is 12.0 Å². The number of halogens is 1. The zero-order chi connectivity index (χ0) is 16.2. The molecular formula is C19H33ClS. The van der Waals surface area contributed by atoms with E-state index in [9.17, 15) is 0 Å². The van der Waals surface area contributed by atoms with Crippen LogP contribution in [0.1, 0.15) is 74.0 Å². The molecule has 0 heterocycles. The van der Waals surface area contributed by atoms with Gasteiger partial charge in [0, 0.05) is 5.25 Å². The van der Waals surface area contributed by atoms with E-state index in [0.29, 0.717) is 23.0 Å². The molecule has 0 nitrogen and oxygen atoms in total. The molecule has 0 radical (unpaired) electrons. The Morgan fingerprint density at radius 1 is 1.05 bits per heavy atom. The highest BCUT2D eigenvalue weighted by Crippen LogP contribution is 2.78. The molecule has 0 spiro atoms. The first-order valence-electron chi connectivity index (χ1n) is 8.27. The second-order valence-electron chi connectivity index (χ2n) is 8.83. The summed E-state index contributed by atoms with van der Waals surface area (Å²) in [7, 11) is 4.96. The minimum atomic E-state index is -2.16. The van der Waals surface area contributed by atoms with Crippen LogP contribution in [-0.2, 0) is 6.42 Å². The number of rotatable bonds is 3. The second-order valence-corrected chi connectivity index (χ2v) is 18.5. The van der Waals surface area contributed by atoms with E-state index in [2.05, 4.69) is 65.5 Å². The normalized spacial score (nSPS) is 24.2. The van der Waals surface area contributed by atoms with Crippen LogP contribution in [0.25, 0.3) is 0 Å². The fourth-order valence-corrected chi connectivity index (χ4v) is 8.05. The monoisotopic (exact) mass is 328 g/mol. The molecule has 122 valence electrons. The molecule has 1 aliphatic carbocycles. The van der Waals surface area contributed by atoms with E-state index in [1.54, 1.807) is 16.7 Å². The molecule has 0 bridgehead atoms. The van der Waals surface area contributed by atoms with Crippen molar-refractivity contribution in [1.29, 1.82) is 0 Å². The zero-order valence-electron chi connectivity index (χ0n) is 15.0. The van der Waals surface area contributed by atoms with Gasteiger partial charge in [0.05, 0.1) is 0 Å². The van der Waals surface area contributed by atoms with Crippen LogP contribution in [0, 0.1) is 5.92 Å². The van der Waals surface area contributed by atoms with Gasteiger partial charge in [-0.1, -0.05) is 57.4 Å². The van der Waals surface area contributed by atoms with Crippen molar-refractivity contribution in [3.63, 3.8) is 0 Å². The Labute approximate surface area is 136 Å². The van der Waals surface area contributed by atoms with Crippen molar-refractivity contribution < 1.29 is 0 Å². The summed E-state index contributed by atoms with van der Waals surface area (Å²) in [5.41, 5.74) is 6.21. The van der Waals surface area contributed by atoms with Gasteiger partial charge in [0.1, 0.15) is 0 Å². The van der Waals surface area contributed by atoms with Crippen LogP contribution < -0.4 is 0 Å². The molecule has 2 unspecified atom stereocenters. The molecule has 2 rings (SSSR count). The quantitative estimate of drug-likeness (QED) is 0.620. The van der Waals surface area contributed by atoms with Crippen LogP contribution in [0.4, 0.5) is 0 Å². The lowest BCUT2D eigenvalue weighted by Crippen LogP contribution is -2.19. The lowest BCUT2D eigenvalue weighted by atomic mass is 9.89. The van der Waals surface area contributed by atoms with Gasteiger partial charge >= 0.3 is 0 Å². The second kappa shape index (κ2) is 5.20. The highest BCUT2D eigenvalue weighted by molar-refractivity contribution is 8.64. The van der Waals surface area contributed by atoms with E-state index in [-0.39, 0.29) is 0 Å². The number of hydrogen-bond acceptors (Lipinski definition) is 0. The summed E-state index contributed by atoms with van der Waals surface area (Å²) >= 11 is 0. The first kappa shape index (κ1) is 17.2. The molecule has 0 aromatic heterocycles. The van der Waals surface area contributed by atoms with Gasteiger partial charge < -0.3 is 0 Å². The smallest absolute Gasteiger partial charge is 0.0142 e. The molecule has 0 saturated carbocycles. The standard InChI is InChI=1S/C19H33ClS/c1-12(2)15-10-16(13(3)4)17-9-14(5)19(18(17)11-15)21(6,7,8)20/h10-14,19,21H,9H2,1-8H3. The first-order valence-corrected chi connectivity index (χ1v) is 12.8. The van der Waals surface area contributed by atoms with Crippen molar-refractivity contribution in [3.05, 3.63) is 34.4 Å². The molecule has 21 heavy (non-hydrogen) atoms. The molecule has 1 aliphatic rings. The minimum Gasteiger partial charge on any atom is -0.224 e. The van der Waals surface area contributed by atoms with Crippen LogP contribution in [0.5, 0.6) is 0 Å². The number of thiol groups is 1. The third-order valence-corrected chi connectivity index (χ3v) is 8.25. The van der Waals surface area contributed by atoms with Gasteiger partial charge in [-0.3, -0.25) is 0 Å². The third kappa shape index (κ3) is 3.29. The summed E-state index contributed by atoms with van der Waals surface area (Å²) in [5, 5.41) is 0.545. The summed E-state index contributed by atoms with van der Waals surface area (Å²) in [6, 6.07) is 4.92. The fourth-order valence-electron chi connectivity index (χ4n) is 4.16. The van der Waals surface area contributed by atoms with Crippen molar-refractivity contribution in [1.82, 2.24) is 0 Å². The Morgan fingerprint density at radius 2 is 1.62 bits per heavy atom. The molecule has 2 heteroatoms. The molecular weight excluding hydrogens is 296 g/mol. The van der Waals surface area contributed by atoms with Crippen molar-refractivity contribution in [2.45, 2.75) is 58.1 Å². The maximum absolute atomic E-state index is 7.11. The molecule has 0 saturated heterocycles. The summed E-state index contributed by atoms with van der Waals surface area (Å²) < 4.78 is 0. The Kier molecular flexibility index (Phi) is 4.26. The SMILES string of the molecule is CC(C)c1cc(C(C)C)c2c(c1)C([SH](C)(C)(C)Cl)C(C)C2. The molecule has 2 atom stereocenters. The Bertz CT molecular complexity index is 539. The Morgan fingerprint density at radius 3 is 2.05 bits per heavy atom. The van der Waals surface area contributed by atoms with Gasteiger partial charge in [0.15, 0.2) is 0 Å². The summed E-state index contributed by atoms with van der Waals surface area (Å²) in [4.78, 5) is 0. The third-order valence-electron chi connectivity index (χ3n) is 4.95. The van der Waals surface area contributed by atoms with Crippen LogP contribution in [0.3, 0.4) is 0 Å². The lowest BCUT2D eigenvalue weighted by Gasteiger charge is -2.52. The van der Waals surface area contributed by atoms with Gasteiger partial charge in [0.25, 0.3) is 0 Å². The van der Waals surface area contributed by atoms with Crippen LogP contribution in [0.2, 0.25) is 0 Å². The van der Waals surface area contributed by atoms with E-state index < -0.39 is 8.37 Å². The molecule has 1 aromatic rings. The number of hydrogen-bond donors (Lipinski definition) is 1. The van der Waals surface area contributed by atoms with Crippen LogP contribution in [-0.4, -0.2) is 18.8 Å². The Hall–Kier alpha value is -0.140. The maximum Gasteiger partial charge on any atom is 0.0142 e. The molecule has 1 aromatic carbocycles. The van der Waals surface area contributed by atoms with E-state index in [0.717, 1.165) is 0 Å². The van der Waals surface area contributed by atoms with Gasteiger partial charge in [0.2, 0.25) is 0 Å². The number of benzene rings is 1. The molecule has 0 N–H and O–H groups in total. The van der Waals surface area contributed by atoms with Crippen molar-refractivity contribution in [2.24, 2.45) is 5.92 Å². The average molecular weight is 329 g/mol. The molecule has 0 aliphatic heterocycles. The van der Waals surface area contributed by atoms with Crippen LogP contribution >= 0.6 is 19.1 Å². The highest BCUT2D eigenvalue weighted by atomic mass is 35.7. The topological polar surface area (TPSA) is 0 Å². The van der Waals surface area contributed by atoms with Gasteiger partial charge in [-0.2, -0.15) is 0 Å². The summed E-state index contributed by atoms with van der Waals surface area (Å²) in [6.45, 7) is 11.6. The highest BCUT2D eigenvalue weighted by Gasteiger charge is 2.43. The van der Waals surface area contributed by atoms with Crippen molar-refractivity contribution in [2.75, 3.05) is 18.8 Å². The van der Waals surface area contributed by atoms with E-state index >= 15 is 0 Å². The summed E-state index contributed by atoms with van der Waals surface area (Å²) in [5.74, 6) is 1.83. The van der Waals surface area contributed by atoms with Crippen LogP contribution in [0.15, 0.2) is 12.1 Å². The maximum atomic E-state index is 7.11. The zero-order valence-corrected chi connectivity index (χ0v) is 16.6. The fraction of sp³-hybridized carbons (Fsp3) is 0.684. The summed E-state index contributed by atoms with van der Waals surface area (Å²) in [6.07, 6.45) is 8.16. The van der Waals surface area contributed by atoms with E-state index in [1.807, 2.05) is 0 Å².